The molecule has 0 bridgehead atoms. The van der Waals surface area contributed by atoms with Crippen LogP contribution in [-0.4, -0.2) is 34.7 Å². The number of carbonyl (C=O) groups is 2. The van der Waals surface area contributed by atoms with E-state index in [1.54, 1.807) is 0 Å². The topological polar surface area (TPSA) is 78.4 Å². The molecule has 114 valence electrons. The number of thioether (sulfide) groups is 1. The standard InChI is InChI=1S/C14H17ClN2O3S/c1-21-10-4-3-9(7-10)16-14(20)17-12-5-2-8(13(18)19)6-11(12)15/h2,5-6,9-10H,3-4,7H2,1H3,(H,18,19)(H2,16,17,20). The molecular weight excluding hydrogens is 312 g/mol. The Kier molecular flexibility index (Phi) is 5.36. The molecule has 1 aromatic rings. The van der Waals surface area contributed by atoms with Gasteiger partial charge in [-0.2, -0.15) is 11.8 Å². The zero-order valence-electron chi connectivity index (χ0n) is 11.6. The first kappa shape index (κ1) is 16.0. The highest BCUT2D eigenvalue weighted by molar-refractivity contribution is 7.99. The van der Waals surface area contributed by atoms with Gasteiger partial charge in [0.1, 0.15) is 0 Å². The number of hydrogen-bond donors (Lipinski definition) is 3. The zero-order valence-corrected chi connectivity index (χ0v) is 13.1. The van der Waals surface area contributed by atoms with Gasteiger partial charge in [-0.05, 0) is 43.7 Å². The van der Waals surface area contributed by atoms with Gasteiger partial charge in [0.2, 0.25) is 0 Å². The molecule has 0 spiro atoms. The molecule has 0 aromatic heterocycles. The highest BCUT2D eigenvalue weighted by atomic mass is 35.5. The maximum absolute atomic E-state index is 11.9. The van der Waals surface area contributed by atoms with Crippen molar-refractivity contribution in [3.63, 3.8) is 0 Å². The largest absolute Gasteiger partial charge is 0.478 e. The summed E-state index contributed by atoms with van der Waals surface area (Å²) in [6, 6.07) is 4.08. The van der Waals surface area contributed by atoms with Crippen molar-refractivity contribution in [2.75, 3.05) is 11.6 Å². The Bertz CT molecular complexity index is 553. The molecule has 2 rings (SSSR count). The van der Waals surface area contributed by atoms with Crippen LogP contribution in [0.25, 0.3) is 0 Å². The molecule has 5 nitrogen and oxygen atoms in total. The van der Waals surface area contributed by atoms with E-state index in [4.69, 9.17) is 16.7 Å². The third-order valence-corrected chi connectivity index (χ3v) is 4.92. The molecule has 1 aliphatic rings. The van der Waals surface area contributed by atoms with Crippen molar-refractivity contribution in [1.82, 2.24) is 5.32 Å². The molecule has 0 aliphatic heterocycles. The SMILES string of the molecule is CSC1CCC(NC(=O)Nc2ccc(C(=O)O)cc2Cl)C1. The number of halogens is 1. The predicted molar refractivity (Wildman–Crippen MR) is 85.5 cm³/mol. The van der Waals surface area contributed by atoms with Gasteiger partial charge in [0.05, 0.1) is 16.3 Å². The summed E-state index contributed by atoms with van der Waals surface area (Å²) >= 11 is 7.80. The molecule has 1 saturated carbocycles. The third kappa shape index (κ3) is 4.28. The summed E-state index contributed by atoms with van der Waals surface area (Å²) in [6.07, 6.45) is 5.14. The van der Waals surface area contributed by atoms with Crippen LogP contribution in [0.3, 0.4) is 0 Å². The second-order valence-electron chi connectivity index (χ2n) is 4.97. The van der Waals surface area contributed by atoms with Crippen molar-refractivity contribution in [3.8, 4) is 0 Å². The Balaban J connectivity index is 1.92. The number of anilines is 1. The summed E-state index contributed by atoms with van der Waals surface area (Å²) in [6.45, 7) is 0. The van der Waals surface area contributed by atoms with Gasteiger partial charge >= 0.3 is 12.0 Å². The van der Waals surface area contributed by atoms with Gasteiger partial charge in [-0.1, -0.05) is 11.6 Å². The van der Waals surface area contributed by atoms with Gasteiger partial charge in [0, 0.05) is 11.3 Å². The molecule has 2 unspecified atom stereocenters. The van der Waals surface area contributed by atoms with Crippen LogP contribution in [0, 0.1) is 0 Å². The number of rotatable bonds is 4. The van der Waals surface area contributed by atoms with E-state index in [2.05, 4.69) is 16.9 Å². The van der Waals surface area contributed by atoms with Crippen LogP contribution in [0.1, 0.15) is 29.6 Å². The van der Waals surface area contributed by atoms with E-state index < -0.39 is 5.97 Å². The molecule has 2 amide bonds. The second kappa shape index (κ2) is 7.04. The van der Waals surface area contributed by atoms with E-state index in [-0.39, 0.29) is 22.7 Å². The van der Waals surface area contributed by atoms with E-state index in [0.717, 1.165) is 19.3 Å². The first-order valence-electron chi connectivity index (χ1n) is 6.62. The average Bonchev–Trinajstić information content (AvgIpc) is 2.88. The van der Waals surface area contributed by atoms with Crippen molar-refractivity contribution in [2.45, 2.75) is 30.6 Å². The molecule has 2 atom stereocenters. The normalized spacial score (nSPS) is 21.0. The van der Waals surface area contributed by atoms with Gasteiger partial charge in [0.25, 0.3) is 0 Å². The van der Waals surface area contributed by atoms with Crippen molar-refractivity contribution in [1.29, 1.82) is 0 Å². The lowest BCUT2D eigenvalue weighted by atomic mass is 10.2. The number of carboxylic acids is 1. The quantitative estimate of drug-likeness (QED) is 0.791. The van der Waals surface area contributed by atoms with E-state index in [0.29, 0.717) is 10.9 Å². The van der Waals surface area contributed by atoms with Crippen molar-refractivity contribution >= 4 is 41.1 Å². The van der Waals surface area contributed by atoms with E-state index in [1.165, 1.54) is 18.2 Å². The third-order valence-electron chi connectivity index (χ3n) is 3.52. The number of amides is 2. The monoisotopic (exact) mass is 328 g/mol. The van der Waals surface area contributed by atoms with Crippen LogP contribution in [0.2, 0.25) is 5.02 Å². The minimum Gasteiger partial charge on any atom is -0.478 e. The Morgan fingerprint density at radius 2 is 2.14 bits per heavy atom. The average molecular weight is 329 g/mol. The van der Waals surface area contributed by atoms with Crippen LogP contribution < -0.4 is 10.6 Å². The van der Waals surface area contributed by atoms with Crippen molar-refractivity contribution in [2.24, 2.45) is 0 Å². The highest BCUT2D eigenvalue weighted by Gasteiger charge is 2.25. The highest BCUT2D eigenvalue weighted by Crippen LogP contribution is 2.28. The molecule has 0 radical (unpaired) electrons. The summed E-state index contributed by atoms with van der Waals surface area (Å²) in [7, 11) is 0. The number of aromatic carboxylic acids is 1. The maximum atomic E-state index is 11.9. The fourth-order valence-corrected chi connectivity index (χ4v) is 3.40. The molecule has 3 N–H and O–H groups in total. The van der Waals surface area contributed by atoms with Gasteiger partial charge in [0.15, 0.2) is 0 Å². The lowest BCUT2D eigenvalue weighted by Gasteiger charge is -2.14. The van der Waals surface area contributed by atoms with Crippen molar-refractivity contribution in [3.05, 3.63) is 28.8 Å². The summed E-state index contributed by atoms with van der Waals surface area (Å²) in [4.78, 5) is 22.7. The van der Waals surface area contributed by atoms with E-state index in [1.807, 2.05) is 11.8 Å². The van der Waals surface area contributed by atoms with Crippen LogP contribution in [0.5, 0.6) is 0 Å². The van der Waals surface area contributed by atoms with Gasteiger partial charge < -0.3 is 15.7 Å². The first-order valence-corrected chi connectivity index (χ1v) is 8.29. The van der Waals surface area contributed by atoms with E-state index in [9.17, 15) is 9.59 Å². The fourth-order valence-electron chi connectivity index (χ4n) is 2.38. The summed E-state index contributed by atoms with van der Waals surface area (Å²) < 4.78 is 0. The molecule has 21 heavy (non-hydrogen) atoms. The van der Waals surface area contributed by atoms with Crippen LogP contribution in [-0.2, 0) is 0 Å². The summed E-state index contributed by atoms with van der Waals surface area (Å²) in [5, 5.41) is 15.2. The number of carbonyl (C=O) groups excluding carboxylic acids is 1. The molecule has 0 heterocycles. The van der Waals surface area contributed by atoms with E-state index >= 15 is 0 Å². The summed E-state index contributed by atoms with van der Waals surface area (Å²) in [5.74, 6) is -1.05. The molecule has 1 aliphatic carbocycles. The fraction of sp³-hybridized carbons (Fsp3) is 0.429. The van der Waals surface area contributed by atoms with Gasteiger partial charge in [-0.25, -0.2) is 9.59 Å². The van der Waals surface area contributed by atoms with Gasteiger partial charge in [-0.3, -0.25) is 0 Å². The zero-order chi connectivity index (χ0) is 15.4. The molecule has 0 saturated heterocycles. The Morgan fingerprint density at radius 3 is 2.71 bits per heavy atom. The first-order chi connectivity index (χ1) is 9.99. The van der Waals surface area contributed by atoms with Gasteiger partial charge in [-0.15, -0.1) is 0 Å². The molecule has 1 aromatic carbocycles. The van der Waals surface area contributed by atoms with Crippen LogP contribution in [0.4, 0.5) is 10.5 Å². The Hall–Kier alpha value is -1.40. The minimum absolute atomic E-state index is 0.0876. The number of benzene rings is 1. The van der Waals surface area contributed by atoms with Crippen LogP contribution >= 0.6 is 23.4 Å². The number of urea groups is 1. The molecule has 7 heteroatoms. The Labute approximate surface area is 132 Å². The van der Waals surface area contributed by atoms with Crippen LogP contribution in [0.15, 0.2) is 18.2 Å². The lowest BCUT2D eigenvalue weighted by Crippen LogP contribution is -2.36. The maximum Gasteiger partial charge on any atom is 0.335 e. The Morgan fingerprint density at radius 1 is 1.38 bits per heavy atom. The number of nitrogens with one attached hydrogen (secondary N) is 2. The molecular formula is C14H17ClN2O3S. The minimum atomic E-state index is -1.05. The second-order valence-corrected chi connectivity index (χ2v) is 6.51. The number of hydrogen-bond acceptors (Lipinski definition) is 3. The molecule has 1 fully saturated rings. The summed E-state index contributed by atoms with van der Waals surface area (Å²) in [5.41, 5.74) is 0.489. The van der Waals surface area contributed by atoms with Crippen molar-refractivity contribution < 1.29 is 14.7 Å². The predicted octanol–water partition coefficient (Wildman–Crippen LogP) is 3.44. The lowest BCUT2D eigenvalue weighted by molar-refractivity contribution is 0.0697. The number of carboxylic acid groups (broad SMARTS) is 1. The smallest absolute Gasteiger partial charge is 0.335 e.